The van der Waals surface area contributed by atoms with Crippen molar-refractivity contribution in [2.45, 2.75) is 47.0 Å². The van der Waals surface area contributed by atoms with Gasteiger partial charge < -0.3 is 4.57 Å². The van der Waals surface area contributed by atoms with Crippen molar-refractivity contribution in [1.29, 1.82) is 5.41 Å². The SMILES string of the molecule is CC[C@@H](C)c1ccc(-n2c(C)cc(/C=C3/C(=N)N4N=C(C)SC4=NC3=O)c2C)cc1. The minimum Gasteiger partial charge on any atom is -0.318 e. The van der Waals surface area contributed by atoms with Crippen molar-refractivity contribution in [2.75, 3.05) is 0 Å². The summed E-state index contributed by atoms with van der Waals surface area (Å²) in [5.41, 5.74) is 5.66. The van der Waals surface area contributed by atoms with Crippen LogP contribution in [0.2, 0.25) is 0 Å². The summed E-state index contributed by atoms with van der Waals surface area (Å²) in [6.45, 7) is 10.4. The maximum Gasteiger partial charge on any atom is 0.283 e. The Hall–Kier alpha value is -2.93. The second-order valence-corrected chi connectivity index (χ2v) is 8.86. The maximum atomic E-state index is 12.6. The number of carbonyl (C=O) groups excluding carboxylic acids is 1. The number of nitrogens with one attached hydrogen (secondary N) is 1. The monoisotopic (exact) mass is 419 g/mol. The van der Waals surface area contributed by atoms with Crippen LogP contribution in [0, 0.1) is 19.3 Å². The number of rotatable bonds is 4. The zero-order valence-corrected chi connectivity index (χ0v) is 18.7. The molecule has 4 rings (SSSR count). The van der Waals surface area contributed by atoms with Gasteiger partial charge in [0.1, 0.15) is 0 Å². The molecule has 0 radical (unpaired) electrons. The quantitative estimate of drug-likeness (QED) is 0.688. The molecule has 2 aliphatic heterocycles. The molecule has 3 heterocycles. The highest BCUT2D eigenvalue weighted by atomic mass is 32.2. The lowest BCUT2D eigenvalue weighted by Gasteiger charge is -2.20. The zero-order valence-electron chi connectivity index (χ0n) is 17.9. The molecule has 0 saturated carbocycles. The van der Waals surface area contributed by atoms with Gasteiger partial charge in [-0.2, -0.15) is 15.1 Å². The van der Waals surface area contributed by atoms with Crippen molar-refractivity contribution in [2.24, 2.45) is 10.1 Å². The third kappa shape index (κ3) is 3.43. The number of aliphatic imine (C=N–C) groups is 1. The van der Waals surface area contributed by atoms with Crippen molar-refractivity contribution in [3.05, 3.63) is 58.4 Å². The van der Waals surface area contributed by atoms with Crippen LogP contribution in [0.15, 0.2) is 46.0 Å². The average Bonchev–Trinajstić information content (AvgIpc) is 3.23. The average molecular weight is 420 g/mol. The van der Waals surface area contributed by atoms with Crippen LogP contribution >= 0.6 is 11.8 Å². The summed E-state index contributed by atoms with van der Waals surface area (Å²) in [6, 6.07) is 10.7. The van der Waals surface area contributed by atoms with E-state index >= 15 is 0 Å². The third-order valence-electron chi connectivity index (χ3n) is 5.66. The lowest BCUT2D eigenvalue weighted by Crippen LogP contribution is -2.35. The number of fused-ring (bicyclic) bond motifs is 1. The van der Waals surface area contributed by atoms with Gasteiger partial charge in [-0.1, -0.05) is 26.0 Å². The molecule has 1 atom stereocenters. The van der Waals surface area contributed by atoms with E-state index in [2.05, 4.69) is 52.8 Å². The van der Waals surface area contributed by atoms with Gasteiger partial charge in [-0.3, -0.25) is 10.2 Å². The van der Waals surface area contributed by atoms with Crippen molar-refractivity contribution >= 4 is 39.8 Å². The van der Waals surface area contributed by atoms with E-state index in [9.17, 15) is 4.79 Å². The second kappa shape index (κ2) is 7.72. The van der Waals surface area contributed by atoms with Gasteiger partial charge in [-0.25, -0.2) is 0 Å². The van der Waals surface area contributed by atoms with Gasteiger partial charge >= 0.3 is 0 Å². The normalized spacial score (nSPS) is 18.6. The molecule has 1 aromatic heterocycles. The first-order valence-corrected chi connectivity index (χ1v) is 10.9. The topological polar surface area (TPSA) is 73.8 Å². The van der Waals surface area contributed by atoms with E-state index < -0.39 is 5.91 Å². The fourth-order valence-corrected chi connectivity index (χ4v) is 4.50. The number of hydrazone groups is 1. The van der Waals surface area contributed by atoms with Gasteiger partial charge in [0.2, 0.25) is 5.17 Å². The summed E-state index contributed by atoms with van der Waals surface area (Å²) in [7, 11) is 0. The Kier molecular flexibility index (Phi) is 5.24. The Morgan fingerprint density at radius 3 is 2.57 bits per heavy atom. The zero-order chi connectivity index (χ0) is 21.6. The van der Waals surface area contributed by atoms with Crippen LogP contribution in [0.1, 0.15) is 55.6 Å². The minimum atomic E-state index is -0.397. The minimum absolute atomic E-state index is 0.0667. The molecule has 2 aliphatic rings. The standard InChI is InChI=1S/C23H25N5OS/c1-6-13(2)17-7-9-19(10-8-17)27-14(3)11-18(15(27)4)12-20-21(24)28-23(25-22(20)29)30-16(5)26-28/h7-13,24H,6H2,1-5H3/b20-12-,24-21?/t13-/m1/s1. The first kappa shape index (κ1) is 20.3. The number of hydrogen-bond donors (Lipinski definition) is 1. The number of hydrogen-bond acceptors (Lipinski definition) is 4. The van der Waals surface area contributed by atoms with E-state index in [0.717, 1.165) is 34.1 Å². The fourth-order valence-electron chi connectivity index (χ4n) is 3.76. The summed E-state index contributed by atoms with van der Waals surface area (Å²) >= 11 is 1.31. The van der Waals surface area contributed by atoms with Gasteiger partial charge in [-0.05, 0) is 80.3 Å². The number of benzene rings is 1. The lowest BCUT2D eigenvalue weighted by molar-refractivity contribution is -0.114. The van der Waals surface area contributed by atoms with Gasteiger partial charge in [0.25, 0.3) is 5.91 Å². The number of amides is 1. The first-order valence-electron chi connectivity index (χ1n) is 10.1. The second-order valence-electron chi connectivity index (χ2n) is 7.70. The molecule has 154 valence electrons. The number of nitrogens with zero attached hydrogens (tertiary/aromatic N) is 4. The number of aryl methyl sites for hydroxylation is 1. The predicted octanol–water partition coefficient (Wildman–Crippen LogP) is 5.25. The highest BCUT2D eigenvalue weighted by Gasteiger charge is 2.34. The van der Waals surface area contributed by atoms with E-state index in [0.29, 0.717) is 11.1 Å². The molecular weight excluding hydrogens is 394 g/mol. The molecule has 30 heavy (non-hydrogen) atoms. The molecule has 0 fully saturated rings. The van der Waals surface area contributed by atoms with E-state index in [4.69, 9.17) is 5.41 Å². The Balaban J connectivity index is 1.71. The Morgan fingerprint density at radius 2 is 1.90 bits per heavy atom. The molecule has 1 aromatic carbocycles. The third-order valence-corrected chi connectivity index (χ3v) is 6.48. The van der Waals surface area contributed by atoms with Crippen LogP contribution in [0.5, 0.6) is 0 Å². The highest BCUT2D eigenvalue weighted by Crippen LogP contribution is 2.30. The number of thioether (sulfide) groups is 1. The van der Waals surface area contributed by atoms with Crippen molar-refractivity contribution in [3.8, 4) is 5.69 Å². The smallest absolute Gasteiger partial charge is 0.283 e. The Labute approximate surface area is 180 Å². The van der Waals surface area contributed by atoms with Gasteiger partial charge in [0.05, 0.1) is 10.6 Å². The van der Waals surface area contributed by atoms with E-state index in [1.807, 2.05) is 26.8 Å². The van der Waals surface area contributed by atoms with Crippen LogP contribution in [0.4, 0.5) is 0 Å². The molecule has 7 heteroatoms. The predicted molar refractivity (Wildman–Crippen MR) is 125 cm³/mol. The highest BCUT2D eigenvalue weighted by molar-refractivity contribution is 8.26. The molecule has 6 nitrogen and oxygen atoms in total. The van der Waals surface area contributed by atoms with E-state index in [1.54, 1.807) is 6.08 Å². The van der Waals surface area contributed by atoms with Gasteiger partial charge in [0.15, 0.2) is 5.84 Å². The lowest BCUT2D eigenvalue weighted by atomic mass is 9.98. The molecule has 0 aliphatic carbocycles. The van der Waals surface area contributed by atoms with Crippen molar-refractivity contribution in [1.82, 2.24) is 9.58 Å². The van der Waals surface area contributed by atoms with Crippen molar-refractivity contribution in [3.63, 3.8) is 0 Å². The molecule has 0 unspecified atom stereocenters. The molecule has 2 aromatic rings. The fraction of sp³-hybridized carbons (Fsp3) is 0.304. The van der Waals surface area contributed by atoms with Crippen LogP contribution < -0.4 is 0 Å². The first-order chi connectivity index (χ1) is 14.3. The van der Waals surface area contributed by atoms with Crippen LogP contribution in [-0.4, -0.2) is 31.5 Å². The van der Waals surface area contributed by atoms with Gasteiger partial charge in [-0.15, -0.1) is 0 Å². The largest absolute Gasteiger partial charge is 0.318 e. The number of carbonyl (C=O) groups is 1. The molecule has 1 N–H and O–H groups in total. The van der Waals surface area contributed by atoms with Crippen LogP contribution in [-0.2, 0) is 4.79 Å². The summed E-state index contributed by atoms with van der Waals surface area (Å²) in [6.07, 6.45) is 2.87. The summed E-state index contributed by atoms with van der Waals surface area (Å²) < 4.78 is 2.17. The van der Waals surface area contributed by atoms with Gasteiger partial charge in [0, 0.05) is 17.1 Å². The molecule has 1 amide bonds. The van der Waals surface area contributed by atoms with Crippen molar-refractivity contribution < 1.29 is 4.79 Å². The van der Waals surface area contributed by atoms with Crippen LogP contribution in [0.3, 0.4) is 0 Å². The van der Waals surface area contributed by atoms with E-state index in [1.165, 1.54) is 22.3 Å². The summed E-state index contributed by atoms with van der Waals surface area (Å²) in [4.78, 5) is 16.7. The Bertz CT molecular complexity index is 1140. The van der Waals surface area contributed by atoms with Crippen LogP contribution in [0.25, 0.3) is 11.8 Å². The molecule has 0 bridgehead atoms. The summed E-state index contributed by atoms with van der Waals surface area (Å²) in [5.74, 6) is 0.207. The molecular formula is C23H25N5OS. The summed E-state index contributed by atoms with van der Waals surface area (Å²) in [5, 5.41) is 15.4. The number of aromatic nitrogens is 1. The number of amidine groups is 2. The maximum absolute atomic E-state index is 12.6. The van der Waals surface area contributed by atoms with E-state index in [-0.39, 0.29) is 11.4 Å². The molecule has 0 saturated heterocycles. The molecule has 0 spiro atoms. The Morgan fingerprint density at radius 1 is 1.20 bits per heavy atom.